The topological polar surface area (TPSA) is 72.3 Å². The van der Waals surface area contributed by atoms with Crippen molar-refractivity contribution < 1.29 is 14.6 Å². The highest BCUT2D eigenvalue weighted by Crippen LogP contribution is 2.14. The van der Waals surface area contributed by atoms with Crippen molar-refractivity contribution in [1.29, 1.82) is 0 Å². The first kappa shape index (κ1) is 12.0. The zero-order chi connectivity index (χ0) is 13.0. The Morgan fingerprint density at radius 3 is 2.94 bits per heavy atom. The molecule has 1 heterocycles. The molecule has 0 fully saturated rings. The van der Waals surface area contributed by atoms with Crippen molar-refractivity contribution in [2.24, 2.45) is 0 Å². The first-order chi connectivity index (χ1) is 8.69. The molecule has 0 spiro atoms. The monoisotopic (exact) mass is 244 g/mol. The van der Waals surface area contributed by atoms with Crippen molar-refractivity contribution in [3.63, 3.8) is 0 Å². The van der Waals surface area contributed by atoms with Crippen LogP contribution in [0.5, 0.6) is 5.75 Å². The number of ether oxygens (including phenoxy) is 1. The summed E-state index contributed by atoms with van der Waals surface area (Å²) in [4.78, 5) is 18.8. The van der Waals surface area contributed by atoms with E-state index >= 15 is 0 Å². The second-order valence-electron chi connectivity index (χ2n) is 3.69. The van der Waals surface area contributed by atoms with Gasteiger partial charge in [-0.15, -0.1) is 0 Å². The summed E-state index contributed by atoms with van der Waals surface area (Å²) in [6.45, 7) is 0. The molecule has 0 amide bonds. The molecule has 0 unspecified atom stereocenters. The third kappa shape index (κ3) is 2.82. The van der Waals surface area contributed by atoms with Crippen LogP contribution in [0.4, 0.5) is 0 Å². The highest BCUT2D eigenvalue weighted by Gasteiger charge is 2.07. The molecule has 5 nitrogen and oxygen atoms in total. The third-order valence-corrected chi connectivity index (χ3v) is 2.42. The van der Waals surface area contributed by atoms with Gasteiger partial charge in [-0.3, -0.25) is 0 Å². The Morgan fingerprint density at radius 2 is 2.22 bits per heavy atom. The van der Waals surface area contributed by atoms with Crippen molar-refractivity contribution >= 4 is 5.97 Å². The highest BCUT2D eigenvalue weighted by molar-refractivity contribution is 5.85. The van der Waals surface area contributed by atoms with Gasteiger partial charge in [-0.25, -0.2) is 14.8 Å². The summed E-state index contributed by atoms with van der Waals surface area (Å²) < 4.78 is 5.12. The van der Waals surface area contributed by atoms with Crippen LogP contribution in [-0.4, -0.2) is 28.2 Å². The number of rotatable bonds is 4. The quantitative estimate of drug-likeness (QED) is 0.887. The molecule has 2 aromatic rings. The molecule has 0 radical (unpaired) electrons. The number of aromatic nitrogens is 2. The molecule has 1 N–H and O–H groups in total. The number of carbonyl (C=O) groups is 1. The molecular weight excluding hydrogens is 232 g/mol. The highest BCUT2D eigenvalue weighted by atomic mass is 16.5. The summed E-state index contributed by atoms with van der Waals surface area (Å²) in [7, 11) is 1.60. The van der Waals surface area contributed by atoms with Crippen molar-refractivity contribution in [2.45, 2.75) is 6.42 Å². The van der Waals surface area contributed by atoms with E-state index in [1.165, 1.54) is 12.3 Å². The van der Waals surface area contributed by atoms with Crippen molar-refractivity contribution in [2.75, 3.05) is 7.11 Å². The minimum atomic E-state index is -1.05. The number of methoxy groups -OCH3 is 1. The van der Waals surface area contributed by atoms with Crippen LogP contribution in [0.25, 0.3) is 0 Å². The van der Waals surface area contributed by atoms with Gasteiger partial charge in [0, 0.05) is 12.6 Å². The van der Waals surface area contributed by atoms with Gasteiger partial charge >= 0.3 is 5.97 Å². The predicted octanol–water partition coefficient (Wildman–Crippen LogP) is 1.77. The molecule has 18 heavy (non-hydrogen) atoms. The van der Waals surface area contributed by atoms with E-state index in [0.717, 1.165) is 11.3 Å². The number of hydrogen-bond donors (Lipinski definition) is 1. The van der Waals surface area contributed by atoms with Gasteiger partial charge in [0.2, 0.25) is 0 Å². The van der Waals surface area contributed by atoms with E-state index in [1.807, 2.05) is 24.3 Å². The Bertz CT molecular complexity index is 570. The maximum Gasteiger partial charge on any atom is 0.354 e. The number of aromatic carboxylic acids is 1. The lowest BCUT2D eigenvalue weighted by atomic mass is 10.1. The lowest BCUT2D eigenvalue weighted by Crippen LogP contribution is -2.05. The van der Waals surface area contributed by atoms with Crippen molar-refractivity contribution in [1.82, 2.24) is 9.97 Å². The number of hydrogen-bond acceptors (Lipinski definition) is 4. The maximum absolute atomic E-state index is 10.8. The first-order valence-electron chi connectivity index (χ1n) is 5.37. The van der Waals surface area contributed by atoms with E-state index in [0.29, 0.717) is 12.2 Å². The fraction of sp³-hybridized carbons (Fsp3) is 0.154. The lowest BCUT2D eigenvalue weighted by molar-refractivity contribution is 0.0690. The number of nitrogens with zero attached hydrogens (tertiary/aromatic N) is 2. The predicted molar refractivity (Wildman–Crippen MR) is 64.8 cm³/mol. The van der Waals surface area contributed by atoms with Crippen molar-refractivity contribution in [3.05, 3.63) is 53.6 Å². The lowest BCUT2D eigenvalue weighted by Gasteiger charge is -2.04. The molecule has 0 atom stereocenters. The van der Waals surface area contributed by atoms with E-state index in [-0.39, 0.29) is 5.69 Å². The zero-order valence-corrected chi connectivity index (χ0v) is 9.83. The fourth-order valence-corrected chi connectivity index (χ4v) is 1.57. The minimum Gasteiger partial charge on any atom is -0.497 e. The van der Waals surface area contributed by atoms with Gasteiger partial charge in [0.15, 0.2) is 5.69 Å². The maximum atomic E-state index is 10.8. The summed E-state index contributed by atoms with van der Waals surface area (Å²) in [6.07, 6.45) is 1.92. The Kier molecular flexibility index (Phi) is 3.52. The first-order valence-corrected chi connectivity index (χ1v) is 5.37. The van der Waals surface area contributed by atoms with Crippen LogP contribution in [0.3, 0.4) is 0 Å². The van der Waals surface area contributed by atoms with E-state index in [9.17, 15) is 4.79 Å². The van der Waals surface area contributed by atoms with Gasteiger partial charge in [-0.05, 0) is 23.8 Å². The molecule has 0 saturated heterocycles. The summed E-state index contributed by atoms with van der Waals surface area (Å²) in [6, 6.07) is 8.88. The Balaban J connectivity index is 2.22. The fourth-order valence-electron chi connectivity index (χ4n) is 1.57. The molecule has 0 aliphatic carbocycles. The Morgan fingerprint density at radius 1 is 1.39 bits per heavy atom. The zero-order valence-electron chi connectivity index (χ0n) is 9.83. The number of benzene rings is 1. The van der Waals surface area contributed by atoms with Crippen LogP contribution in [0.15, 0.2) is 36.5 Å². The smallest absolute Gasteiger partial charge is 0.354 e. The summed E-state index contributed by atoms with van der Waals surface area (Å²) >= 11 is 0. The van der Waals surface area contributed by atoms with Gasteiger partial charge in [0.25, 0.3) is 0 Å². The summed E-state index contributed by atoms with van der Waals surface area (Å²) in [5, 5.41) is 8.85. The SMILES string of the molecule is COc1cccc(Cc2nccc(C(=O)O)n2)c1. The molecule has 92 valence electrons. The molecule has 0 bridgehead atoms. The number of carboxylic acids is 1. The van der Waals surface area contributed by atoms with Crippen LogP contribution in [-0.2, 0) is 6.42 Å². The van der Waals surface area contributed by atoms with Crippen LogP contribution < -0.4 is 4.74 Å². The molecule has 1 aromatic carbocycles. The summed E-state index contributed by atoms with van der Waals surface area (Å²) in [5.74, 6) is 0.175. The van der Waals surface area contributed by atoms with Crippen LogP contribution in [0.1, 0.15) is 21.9 Å². The molecule has 2 rings (SSSR count). The molecule has 1 aromatic heterocycles. The van der Waals surface area contributed by atoms with E-state index in [1.54, 1.807) is 7.11 Å². The standard InChI is InChI=1S/C13H12N2O3/c1-18-10-4-2-3-9(7-10)8-12-14-6-5-11(15-12)13(16)17/h2-7H,8H2,1H3,(H,16,17). The largest absolute Gasteiger partial charge is 0.497 e. The normalized spacial score (nSPS) is 10.1. The van der Waals surface area contributed by atoms with Gasteiger partial charge in [-0.2, -0.15) is 0 Å². The Hall–Kier alpha value is -2.43. The average molecular weight is 244 g/mol. The van der Waals surface area contributed by atoms with Gasteiger partial charge in [0.05, 0.1) is 7.11 Å². The number of carboxylic acid groups (broad SMARTS) is 1. The average Bonchev–Trinajstić information content (AvgIpc) is 2.39. The molecule has 0 aliphatic rings. The minimum absolute atomic E-state index is 0.00268. The van der Waals surface area contributed by atoms with Crippen molar-refractivity contribution in [3.8, 4) is 5.75 Å². The Labute approximate surface area is 104 Å². The van der Waals surface area contributed by atoms with E-state index in [2.05, 4.69) is 9.97 Å². The molecule has 5 heteroatoms. The van der Waals surface area contributed by atoms with Crippen LogP contribution in [0.2, 0.25) is 0 Å². The van der Waals surface area contributed by atoms with E-state index in [4.69, 9.17) is 9.84 Å². The molecule has 0 aliphatic heterocycles. The van der Waals surface area contributed by atoms with Gasteiger partial charge in [-0.1, -0.05) is 12.1 Å². The van der Waals surface area contributed by atoms with Crippen LogP contribution in [0, 0.1) is 0 Å². The third-order valence-electron chi connectivity index (χ3n) is 2.42. The van der Waals surface area contributed by atoms with Gasteiger partial charge in [0.1, 0.15) is 11.6 Å². The van der Waals surface area contributed by atoms with E-state index < -0.39 is 5.97 Å². The summed E-state index contributed by atoms with van der Waals surface area (Å²) in [5.41, 5.74) is 0.972. The second kappa shape index (κ2) is 5.27. The second-order valence-corrected chi connectivity index (χ2v) is 3.69. The van der Waals surface area contributed by atoms with Crippen LogP contribution >= 0.6 is 0 Å². The molecule has 0 saturated carbocycles. The van der Waals surface area contributed by atoms with Gasteiger partial charge < -0.3 is 9.84 Å². The molecular formula is C13H12N2O3.